The minimum atomic E-state index is 0.492. The van der Waals surface area contributed by atoms with Gasteiger partial charge in [0.25, 0.3) is 5.78 Å². The zero-order chi connectivity index (χ0) is 15.4. The first-order chi connectivity index (χ1) is 10.8. The third kappa shape index (κ3) is 3.20. The average molecular weight is 304 g/mol. The lowest BCUT2D eigenvalue weighted by atomic mass is 10.3. The second kappa shape index (κ2) is 7.02. The van der Waals surface area contributed by atoms with Crippen LogP contribution in [0, 0.1) is 0 Å². The predicted octanol–water partition coefficient (Wildman–Crippen LogP) is 1.19. The van der Waals surface area contributed by atoms with Crippen molar-refractivity contribution in [3.8, 4) is 0 Å². The molecule has 1 saturated heterocycles. The molecule has 2 aromatic heterocycles. The van der Waals surface area contributed by atoms with Crippen LogP contribution in [0.25, 0.3) is 5.78 Å². The van der Waals surface area contributed by atoms with E-state index in [2.05, 4.69) is 37.9 Å². The van der Waals surface area contributed by atoms with Gasteiger partial charge in [0.05, 0.1) is 12.3 Å². The fourth-order valence-electron chi connectivity index (χ4n) is 3.03. The summed E-state index contributed by atoms with van der Waals surface area (Å²) >= 11 is 0. The van der Waals surface area contributed by atoms with Crippen molar-refractivity contribution in [3.05, 3.63) is 18.1 Å². The van der Waals surface area contributed by atoms with E-state index in [1.807, 2.05) is 4.52 Å². The standard InChI is InChI=1S/C15H24N6O/c1-3-5-19-6-4-7-20(9-8-19)14-10-13(11-22-2)18-15-16-12-17-21(14)15/h10,12H,3-9,11H2,1-2H3. The molecule has 7 nitrogen and oxygen atoms in total. The Morgan fingerprint density at radius 3 is 2.95 bits per heavy atom. The van der Waals surface area contributed by atoms with Crippen LogP contribution in [0.4, 0.5) is 5.82 Å². The van der Waals surface area contributed by atoms with E-state index in [-0.39, 0.29) is 0 Å². The van der Waals surface area contributed by atoms with Gasteiger partial charge in [-0.25, -0.2) is 4.98 Å². The zero-order valence-corrected chi connectivity index (χ0v) is 13.4. The number of nitrogens with zero attached hydrogens (tertiary/aromatic N) is 6. The van der Waals surface area contributed by atoms with Gasteiger partial charge >= 0.3 is 0 Å². The monoisotopic (exact) mass is 304 g/mol. The first-order valence-corrected chi connectivity index (χ1v) is 7.97. The fourth-order valence-corrected chi connectivity index (χ4v) is 3.03. The number of ether oxygens (including phenoxy) is 1. The summed E-state index contributed by atoms with van der Waals surface area (Å²) in [6.07, 6.45) is 3.93. The van der Waals surface area contributed by atoms with Crippen LogP contribution < -0.4 is 4.90 Å². The summed E-state index contributed by atoms with van der Waals surface area (Å²) in [6.45, 7) is 8.20. The second-order valence-corrected chi connectivity index (χ2v) is 5.69. The molecule has 0 N–H and O–H groups in total. The van der Waals surface area contributed by atoms with Gasteiger partial charge in [0, 0.05) is 32.8 Å². The first kappa shape index (κ1) is 15.2. The summed E-state index contributed by atoms with van der Waals surface area (Å²) < 4.78 is 7.05. The van der Waals surface area contributed by atoms with Crippen molar-refractivity contribution in [2.75, 3.05) is 44.7 Å². The Bertz CT molecular complexity index is 613. The Kier molecular flexibility index (Phi) is 4.84. The van der Waals surface area contributed by atoms with Crippen molar-refractivity contribution in [2.45, 2.75) is 26.4 Å². The van der Waals surface area contributed by atoms with Crippen LogP contribution in [0.5, 0.6) is 0 Å². The molecule has 0 amide bonds. The Balaban J connectivity index is 1.86. The second-order valence-electron chi connectivity index (χ2n) is 5.69. The molecule has 1 aliphatic heterocycles. The maximum atomic E-state index is 5.22. The molecule has 2 aromatic rings. The minimum Gasteiger partial charge on any atom is -0.378 e. The first-order valence-electron chi connectivity index (χ1n) is 7.97. The van der Waals surface area contributed by atoms with Gasteiger partial charge in [0.2, 0.25) is 0 Å². The van der Waals surface area contributed by atoms with E-state index in [1.165, 1.54) is 19.5 Å². The largest absolute Gasteiger partial charge is 0.378 e. The molecule has 22 heavy (non-hydrogen) atoms. The molecular formula is C15H24N6O. The molecule has 0 spiro atoms. The predicted molar refractivity (Wildman–Crippen MR) is 85.1 cm³/mol. The van der Waals surface area contributed by atoms with Gasteiger partial charge in [-0.05, 0) is 25.9 Å². The van der Waals surface area contributed by atoms with E-state index in [0.29, 0.717) is 12.4 Å². The summed E-state index contributed by atoms with van der Waals surface area (Å²) in [4.78, 5) is 13.6. The molecule has 0 unspecified atom stereocenters. The van der Waals surface area contributed by atoms with Crippen molar-refractivity contribution in [1.29, 1.82) is 0 Å². The van der Waals surface area contributed by atoms with Crippen LogP contribution in [-0.2, 0) is 11.3 Å². The summed E-state index contributed by atoms with van der Waals surface area (Å²) in [5, 5.41) is 4.33. The summed E-state index contributed by atoms with van der Waals surface area (Å²) in [7, 11) is 1.68. The molecule has 0 atom stereocenters. The lowest BCUT2D eigenvalue weighted by Crippen LogP contribution is -2.32. The highest BCUT2D eigenvalue weighted by molar-refractivity contribution is 5.47. The number of anilines is 1. The molecule has 1 aliphatic rings. The van der Waals surface area contributed by atoms with Crippen molar-refractivity contribution in [1.82, 2.24) is 24.5 Å². The number of rotatable bonds is 5. The van der Waals surface area contributed by atoms with Gasteiger partial charge in [0.1, 0.15) is 12.1 Å². The average Bonchev–Trinajstić information content (AvgIpc) is 2.86. The molecule has 120 valence electrons. The van der Waals surface area contributed by atoms with E-state index in [4.69, 9.17) is 4.74 Å². The van der Waals surface area contributed by atoms with Gasteiger partial charge in [-0.1, -0.05) is 6.92 Å². The minimum absolute atomic E-state index is 0.492. The van der Waals surface area contributed by atoms with Crippen LogP contribution in [0.15, 0.2) is 12.4 Å². The maximum absolute atomic E-state index is 5.22. The van der Waals surface area contributed by atoms with Crippen LogP contribution in [0.3, 0.4) is 0 Å². The molecule has 3 heterocycles. The number of fused-ring (bicyclic) bond motifs is 1. The number of hydrogen-bond donors (Lipinski definition) is 0. The zero-order valence-electron chi connectivity index (χ0n) is 13.4. The molecule has 7 heteroatoms. The van der Waals surface area contributed by atoms with Gasteiger partial charge in [-0.15, -0.1) is 0 Å². The highest BCUT2D eigenvalue weighted by atomic mass is 16.5. The molecule has 1 fully saturated rings. The third-order valence-corrected chi connectivity index (χ3v) is 4.03. The van der Waals surface area contributed by atoms with Gasteiger partial charge < -0.3 is 14.5 Å². The summed E-state index contributed by atoms with van der Waals surface area (Å²) in [5.74, 6) is 1.70. The van der Waals surface area contributed by atoms with E-state index in [1.54, 1.807) is 13.4 Å². The SMILES string of the molecule is CCCN1CCCN(c2cc(COC)nc3ncnn23)CC1. The fraction of sp³-hybridized carbons (Fsp3) is 0.667. The molecular weight excluding hydrogens is 280 g/mol. The Morgan fingerprint density at radius 1 is 1.23 bits per heavy atom. The topological polar surface area (TPSA) is 58.8 Å². The number of hydrogen-bond acceptors (Lipinski definition) is 6. The molecule has 3 rings (SSSR count). The van der Waals surface area contributed by atoms with Gasteiger partial charge in [0.15, 0.2) is 0 Å². The molecule has 0 saturated carbocycles. The maximum Gasteiger partial charge on any atom is 0.254 e. The lowest BCUT2D eigenvalue weighted by Gasteiger charge is -2.24. The Labute approximate surface area is 130 Å². The highest BCUT2D eigenvalue weighted by Crippen LogP contribution is 2.18. The highest BCUT2D eigenvalue weighted by Gasteiger charge is 2.18. The molecule has 0 radical (unpaired) electrons. The summed E-state index contributed by atoms with van der Waals surface area (Å²) in [5.41, 5.74) is 0.896. The molecule has 0 aromatic carbocycles. The van der Waals surface area contributed by atoms with Crippen molar-refractivity contribution < 1.29 is 4.74 Å². The van der Waals surface area contributed by atoms with Crippen LogP contribution in [0.1, 0.15) is 25.5 Å². The van der Waals surface area contributed by atoms with Crippen LogP contribution in [-0.4, -0.2) is 64.3 Å². The van der Waals surface area contributed by atoms with E-state index in [0.717, 1.165) is 37.6 Å². The van der Waals surface area contributed by atoms with Crippen molar-refractivity contribution in [2.24, 2.45) is 0 Å². The molecule has 0 aliphatic carbocycles. The number of aromatic nitrogens is 4. The van der Waals surface area contributed by atoms with Crippen molar-refractivity contribution >= 4 is 11.6 Å². The van der Waals surface area contributed by atoms with Gasteiger partial charge in [-0.3, -0.25) is 0 Å². The quantitative estimate of drug-likeness (QED) is 0.827. The van der Waals surface area contributed by atoms with Crippen LogP contribution >= 0.6 is 0 Å². The van der Waals surface area contributed by atoms with Crippen molar-refractivity contribution in [3.63, 3.8) is 0 Å². The Hall–Kier alpha value is -1.73. The van der Waals surface area contributed by atoms with E-state index in [9.17, 15) is 0 Å². The number of methoxy groups -OCH3 is 1. The van der Waals surface area contributed by atoms with Crippen LogP contribution in [0.2, 0.25) is 0 Å². The molecule has 0 bridgehead atoms. The normalized spacial score (nSPS) is 17.1. The third-order valence-electron chi connectivity index (χ3n) is 4.03. The Morgan fingerprint density at radius 2 is 2.14 bits per heavy atom. The van der Waals surface area contributed by atoms with E-state index >= 15 is 0 Å². The van der Waals surface area contributed by atoms with Gasteiger partial charge in [-0.2, -0.15) is 14.6 Å². The lowest BCUT2D eigenvalue weighted by molar-refractivity contribution is 0.181. The summed E-state index contributed by atoms with van der Waals surface area (Å²) in [6, 6.07) is 2.07. The smallest absolute Gasteiger partial charge is 0.254 e. The van der Waals surface area contributed by atoms with E-state index < -0.39 is 0 Å².